The van der Waals surface area contributed by atoms with E-state index < -0.39 is 0 Å². The lowest BCUT2D eigenvalue weighted by atomic mass is 10.0. The number of allylic oxidation sites excluding steroid dienone is 1. The van der Waals surface area contributed by atoms with Crippen LogP contribution in [0.3, 0.4) is 0 Å². The monoisotopic (exact) mass is 255 g/mol. The minimum absolute atomic E-state index is 0.480. The normalized spacial score (nSPS) is 19.3. The smallest absolute Gasteiger partial charge is 0.0292 e. The first-order valence-corrected chi connectivity index (χ1v) is 7.86. The average Bonchev–Trinajstić information content (AvgIpc) is 3.08. The van der Waals surface area contributed by atoms with E-state index in [1.807, 2.05) is 0 Å². The number of nitrogens with one attached hydrogen (secondary N) is 1. The van der Waals surface area contributed by atoms with Gasteiger partial charge in [0.05, 0.1) is 0 Å². The second kappa shape index (κ2) is 5.92. The number of benzene rings is 1. The van der Waals surface area contributed by atoms with Crippen molar-refractivity contribution in [3.63, 3.8) is 0 Å². The maximum atomic E-state index is 3.68. The van der Waals surface area contributed by atoms with Crippen molar-refractivity contribution in [2.24, 2.45) is 0 Å². The highest BCUT2D eigenvalue weighted by Crippen LogP contribution is 2.25. The predicted octanol–water partition coefficient (Wildman–Crippen LogP) is 4.33. The number of rotatable bonds is 5. The first kappa shape index (κ1) is 12.9. The molecule has 2 aliphatic carbocycles. The Morgan fingerprint density at radius 3 is 2.84 bits per heavy atom. The zero-order chi connectivity index (χ0) is 13.1. The molecule has 1 heteroatoms. The molecule has 3 rings (SSSR count). The van der Waals surface area contributed by atoms with Gasteiger partial charge in [-0.3, -0.25) is 0 Å². The number of hydrogen-bond donors (Lipinski definition) is 1. The van der Waals surface area contributed by atoms with Crippen LogP contribution in [0.25, 0.3) is 0 Å². The molecule has 0 fully saturated rings. The first-order valence-electron chi connectivity index (χ1n) is 7.86. The van der Waals surface area contributed by atoms with Crippen molar-refractivity contribution >= 4 is 0 Å². The van der Waals surface area contributed by atoms with Crippen molar-refractivity contribution in [2.45, 2.75) is 57.9 Å². The molecular formula is C18H25N. The highest BCUT2D eigenvalue weighted by atomic mass is 14.9. The number of fused-ring (bicyclic) bond motifs is 1. The summed E-state index contributed by atoms with van der Waals surface area (Å²) in [5.74, 6) is 0. The zero-order valence-electron chi connectivity index (χ0n) is 12.0. The molecule has 0 heterocycles. The number of aryl methyl sites for hydroxylation is 2. The van der Waals surface area contributed by atoms with Crippen LogP contribution in [-0.2, 0) is 12.8 Å². The van der Waals surface area contributed by atoms with Crippen LogP contribution >= 0.6 is 0 Å². The molecule has 1 unspecified atom stereocenters. The van der Waals surface area contributed by atoms with Gasteiger partial charge in [0.1, 0.15) is 0 Å². The van der Waals surface area contributed by atoms with Crippen molar-refractivity contribution < 1.29 is 0 Å². The van der Waals surface area contributed by atoms with Crippen LogP contribution in [0.1, 0.15) is 61.8 Å². The lowest BCUT2D eigenvalue weighted by molar-refractivity contribution is 0.572. The minimum Gasteiger partial charge on any atom is -0.310 e. The summed E-state index contributed by atoms with van der Waals surface area (Å²) in [6.07, 6.45) is 11.6. The van der Waals surface area contributed by atoms with Gasteiger partial charge in [0.25, 0.3) is 0 Å². The fourth-order valence-corrected chi connectivity index (χ4v) is 3.39. The van der Waals surface area contributed by atoms with E-state index in [1.165, 1.54) is 50.5 Å². The van der Waals surface area contributed by atoms with Gasteiger partial charge in [-0.15, -0.1) is 0 Å². The van der Waals surface area contributed by atoms with Crippen molar-refractivity contribution in [2.75, 3.05) is 6.54 Å². The molecule has 0 saturated carbocycles. The first-order chi connectivity index (χ1) is 9.33. The largest absolute Gasteiger partial charge is 0.310 e. The molecule has 0 saturated heterocycles. The molecule has 0 radical (unpaired) electrons. The molecule has 1 aromatic rings. The second-order valence-electron chi connectivity index (χ2n) is 6.06. The van der Waals surface area contributed by atoms with Crippen LogP contribution in [0.4, 0.5) is 0 Å². The summed E-state index contributed by atoms with van der Waals surface area (Å²) in [5.41, 5.74) is 6.28. The minimum atomic E-state index is 0.480. The molecule has 1 atom stereocenters. The summed E-state index contributed by atoms with van der Waals surface area (Å²) in [7, 11) is 0. The number of hydrogen-bond acceptors (Lipinski definition) is 1. The van der Waals surface area contributed by atoms with Crippen LogP contribution in [-0.4, -0.2) is 6.54 Å². The van der Waals surface area contributed by atoms with Gasteiger partial charge in [-0.25, -0.2) is 0 Å². The van der Waals surface area contributed by atoms with Crippen molar-refractivity contribution in [3.05, 3.63) is 46.5 Å². The average molecular weight is 255 g/mol. The maximum Gasteiger partial charge on any atom is 0.0292 e. The molecule has 0 aromatic heterocycles. The van der Waals surface area contributed by atoms with Gasteiger partial charge >= 0.3 is 0 Å². The van der Waals surface area contributed by atoms with Gasteiger partial charge in [-0.2, -0.15) is 0 Å². The molecule has 0 spiro atoms. The Morgan fingerprint density at radius 2 is 2.00 bits per heavy atom. The van der Waals surface area contributed by atoms with Gasteiger partial charge in [-0.05, 0) is 75.1 Å². The van der Waals surface area contributed by atoms with Gasteiger partial charge < -0.3 is 5.32 Å². The maximum absolute atomic E-state index is 3.68. The van der Waals surface area contributed by atoms with E-state index in [0.717, 1.165) is 6.54 Å². The Hall–Kier alpha value is -1.08. The molecule has 1 aromatic carbocycles. The van der Waals surface area contributed by atoms with Crippen molar-refractivity contribution in [1.29, 1.82) is 0 Å². The van der Waals surface area contributed by atoms with Gasteiger partial charge in [0.15, 0.2) is 0 Å². The fraction of sp³-hybridized carbons (Fsp3) is 0.556. The zero-order valence-corrected chi connectivity index (χ0v) is 12.0. The van der Waals surface area contributed by atoms with E-state index in [0.29, 0.717) is 6.04 Å². The second-order valence-corrected chi connectivity index (χ2v) is 6.06. The van der Waals surface area contributed by atoms with Crippen LogP contribution in [0.2, 0.25) is 0 Å². The molecular weight excluding hydrogens is 230 g/mol. The highest BCUT2D eigenvalue weighted by molar-refractivity contribution is 5.36. The Balaban J connectivity index is 1.53. The van der Waals surface area contributed by atoms with Crippen LogP contribution in [0.15, 0.2) is 29.8 Å². The van der Waals surface area contributed by atoms with E-state index in [2.05, 4.69) is 36.5 Å². The van der Waals surface area contributed by atoms with Crippen LogP contribution in [0, 0.1) is 0 Å². The molecule has 1 N–H and O–H groups in total. The van der Waals surface area contributed by atoms with E-state index in [1.54, 1.807) is 16.7 Å². The summed E-state index contributed by atoms with van der Waals surface area (Å²) in [6, 6.07) is 7.56. The topological polar surface area (TPSA) is 12.0 Å². The fourth-order valence-electron chi connectivity index (χ4n) is 3.39. The lowest BCUT2D eigenvalue weighted by Crippen LogP contribution is -2.20. The van der Waals surface area contributed by atoms with E-state index in [9.17, 15) is 0 Å². The Kier molecular flexibility index (Phi) is 4.03. The molecule has 0 bridgehead atoms. The van der Waals surface area contributed by atoms with Gasteiger partial charge in [0.2, 0.25) is 0 Å². The molecule has 0 amide bonds. The third-order valence-corrected chi connectivity index (χ3v) is 4.65. The summed E-state index contributed by atoms with van der Waals surface area (Å²) >= 11 is 0. The van der Waals surface area contributed by atoms with E-state index in [4.69, 9.17) is 0 Å². The standard InChI is InChI=1S/C18H25N/c1-14(19-12-11-15-5-2-3-6-15)17-10-9-16-7-4-8-18(16)13-17/h5,9-10,13-14,19H,2-4,6-8,11-12H2,1H3. The summed E-state index contributed by atoms with van der Waals surface area (Å²) in [5, 5.41) is 3.68. The van der Waals surface area contributed by atoms with E-state index >= 15 is 0 Å². The highest BCUT2D eigenvalue weighted by Gasteiger charge is 2.13. The molecule has 102 valence electrons. The van der Waals surface area contributed by atoms with Crippen molar-refractivity contribution in [1.82, 2.24) is 5.32 Å². The van der Waals surface area contributed by atoms with Crippen LogP contribution in [0.5, 0.6) is 0 Å². The van der Waals surface area contributed by atoms with E-state index in [-0.39, 0.29) is 0 Å². The van der Waals surface area contributed by atoms with Gasteiger partial charge in [0, 0.05) is 6.04 Å². The predicted molar refractivity (Wildman–Crippen MR) is 81.4 cm³/mol. The van der Waals surface area contributed by atoms with Crippen LogP contribution < -0.4 is 5.32 Å². The Labute approximate surface area is 117 Å². The third-order valence-electron chi connectivity index (χ3n) is 4.65. The molecule has 0 aliphatic heterocycles. The molecule has 1 nitrogen and oxygen atoms in total. The third kappa shape index (κ3) is 3.09. The van der Waals surface area contributed by atoms with Crippen molar-refractivity contribution in [3.8, 4) is 0 Å². The summed E-state index contributed by atoms with van der Waals surface area (Å²) in [4.78, 5) is 0. The Morgan fingerprint density at radius 1 is 1.11 bits per heavy atom. The van der Waals surface area contributed by atoms with Gasteiger partial charge in [-0.1, -0.05) is 29.8 Å². The molecule has 19 heavy (non-hydrogen) atoms. The summed E-state index contributed by atoms with van der Waals surface area (Å²) < 4.78 is 0. The quantitative estimate of drug-likeness (QED) is 0.772. The summed E-state index contributed by atoms with van der Waals surface area (Å²) in [6.45, 7) is 3.41. The lowest BCUT2D eigenvalue weighted by Gasteiger charge is -2.16. The molecule has 2 aliphatic rings. The Bertz CT molecular complexity index is 473. The SMILES string of the molecule is CC(NCCC1=CCCC1)c1ccc2c(c1)CCC2.